The summed E-state index contributed by atoms with van der Waals surface area (Å²) >= 11 is 0. The Balaban J connectivity index is 1.56. The maximum Gasteiger partial charge on any atom is 0.403 e. The van der Waals surface area contributed by atoms with E-state index in [4.69, 9.17) is 4.74 Å². The molecule has 0 amide bonds. The largest absolute Gasteiger partial charge is 0.403 e. The first-order valence-corrected chi connectivity index (χ1v) is 10.4. The minimum absolute atomic E-state index is 0.0946. The van der Waals surface area contributed by atoms with Gasteiger partial charge in [0.1, 0.15) is 6.04 Å². The van der Waals surface area contributed by atoms with Crippen molar-refractivity contribution in [2.24, 2.45) is 4.99 Å². The fraction of sp³-hybridized carbons (Fsp3) is 0.947. The van der Waals surface area contributed by atoms with Crippen LogP contribution in [0.5, 0.6) is 0 Å². The van der Waals surface area contributed by atoms with Crippen molar-refractivity contribution in [2.75, 3.05) is 66.1 Å². The highest BCUT2D eigenvalue weighted by Crippen LogP contribution is 2.31. The van der Waals surface area contributed by atoms with Gasteiger partial charge in [-0.15, -0.1) is 0 Å². The third-order valence-electron chi connectivity index (χ3n) is 6.62. The number of piperazine rings is 1. The van der Waals surface area contributed by atoms with Gasteiger partial charge in [0.2, 0.25) is 0 Å². The number of likely N-dealkylation sites (tertiary alicyclic amines) is 1. The number of nitrogens with one attached hydrogen (secondary N) is 1. The Labute approximate surface area is 166 Å². The molecule has 0 aromatic carbocycles. The number of rotatable bonds is 4. The van der Waals surface area contributed by atoms with Gasteiger partial charge in [0.15, 0.2) is 5.96 Å². The second-order valence-electron chi connectivity index (χ2n) is 8.17. The van der Waals surface area contributed by atoms with E-state index < -0.39 is 12.2 Å². The van der Waals surface area contributed by atoms with E-state index in [-0.39, 0.29) is 5.54 Å². The molecule has 6 nitrogen and oxygen atoms in total. The SMILES string of the molecule is CN=C(NCC1(N2CCCC2)CCOCC1)N1CCN(C(C)C(F)(F)F)CC1. The van der Waals surface area contributed by atoms with Gasteiger partial charge in [-0.3, -0.25) is 14.8 Å². The Morgan fingerprint density at radius 1 is 1.07 bits per heavy atom. The second kappa shape index (κ2) is 9.17. The van der Waals surface area contributed by atoms with E-state index >= 15 is 0 Å². The van der Waals surface area contributed by atoms with Crippen molar-refractivity contribution >= 4 is 5.96 Å². The fourth-order valence-corrected chi connectivity index (χ4v) is 4.65. The summed E-state index contributed by atoms with van der Waals surface area (Å²) in [6, 6.07) is -1.40. The molecule has 0 radical (unpaired) electrons. The standard InChI is InChI=1S/C19H34F3N5O/c1-16(19(20,21)22)25-9-11-26(12-10-25)17(23-2)24-15-18(5-13-28-14-6-18)27-7-3-4-8-27/h16H,3-15H2,1-2H3,(H,23,24). The third kappa shape index (κ3) is 4.91. The second-order valence-corrected chi connectivity index (χ2v) is 8.17. The monoisotopic (exact) mass is 405 g/mol. The fourth-order valence-electron chi connectivity index (χ4n) is 4.65. The first-order chi connectivity index (χ1) is 13.4. The zero-order valence-corrected chi connectivity index (χ0v) is 17.1. The molecule has 28 heavy (non-hydrogen) atoms. The van der Waals surface area contributed by atoms with Gasteiger partial charge >= 0.3 is 6.18 Å². The highest BCUT2D eigenvalue weighted by Gasteiger charge is 2.42. The summed E-state index contributed by atoms with van der Waals surface area (Å²) < 4.78 is 44.5. The smallest absolute Gasteiger partial charge is 0.381 e. The number of hydrogen-bond acceptors (Lipinski definition) is 4. The molecule has 3 saturated heterocycles. The Morgan fingerprint density at radius 3 is 2.21 bits per heavy atom. The molecule has 3 aliphatic heterocycles. The van der Waals surface area contributed by atoms with Crippen LogP contribution in [-0.2, 0) is 4.74 Å². The van der Waals surface area contributed by atoms with Crippen LogP contribution in [0.1, 0.15) is 32.6 Å². The Bertz CT molecular complexity index is 522. The van der Waals surface area contributed by atoms with Crippen molar-refractivity contribution in [2.45, 2.75) is 50.4 Å². The van der Waals surface area contributed by atoms with Crippen LogP contribution in [-0.4, -0.2) is 104 Å². The van der Waals surface area contributed by atoms with Crippen LogP contribution in [0.2, 0.25) is 0 Å². The first kappa shape index (κ1) is 21.6. The molecular formula is C19H34F3N5O. The lowest BCUT2D eigenvalue weighted by molar-refractivity contribution is -0.181. The van der Waals surface area contributed by atoms with E-state index in [0.717, 1.165) is 51.6 Å². The Morgan fingerprint density at radius 2 is 1.68 bits per heavy atom. The van der Waals surface area contributed by atoms with Crippen molar-refractivity contribution in [1.82, 2.24) is 20.0 Å². The summed E-state index contributed by atoms with van der Waals surface area (Å²) in [4.78, 5) is 10.6. The van der Waals surface area contributed by atoms with Crippen molar-refractivity contribution in [1.29, 1.82) is 0 Å². The Kier molecular flexibility index (Phi) is 7.09. The molecule has 3 rings (SSSR count). The van der Waals surface area contributed by atoms with Crippen LogP contribution >= 0.6 is 0 Å². The number of ether oxygens (including phenoxy) is 1. The molecule has 1 N–H and O–H groups in total. The van der Waals surface area contributed by atoms with Gasteiger partial charge < -0.3 is 15.0 Å². The molecule has 3 heterocycles. The van der Waals surface area contributed by atoms with Gasteiger partial charge in [-0.05, 0) is 45.7 Å². The van der Waals surface area contributed by atoms with Gasteiger partial charge in [0, 0.05) is 58.5 Å². The summed E-state index contributed by atoms with van der Waals surface area (Å²) in [5.74, 6) is 0.796. The minimum atomic E-state index is -4.17. The third-order valence-corrected chi connectivity index (χ3v) is 6.62. The average Bonchev–Trinajstić information content (AvgIpc) is 3.24. The summed E-state index contributed by atoms with van der Waals surface area (Å²) in [6.45, 7) is 7.78. The van der Waals surface area contributed by atoms with Crippen LogP contribution in [0.3, 0.4) is 0 Å². The summed E-state index contributed by atoms with van der Waals surface area (Å²) in [6.07, 6.45) is 0.336. The van der Waals surface area contributed by atoms with E-state index in [2.05, 4.69) is 20.1 Å². The summed E-state index contributed by atoms with van der Waals surface area (Å²) in [5, 5.41) is 3.54. The highest BCUT2D eigenvalue weighted by atomic mass is 19.4. The van der Waals surface area contributed by atoms with Crippen LogP contribution in [0, 0.1) is 0 Å². The summed E-state index contributed by atoms with van der Waals surface area (Å²) in [7, 11) is 1.75. The van der Waals surface area contributed by atoms with Gasteiger partial charge in [0.25, 0.3) is 0 Å². The summed E-state index contributed by atoms with van der Waals surface area (Å²) in [5.41, 5.74) is 0.0946. The normalized spacial score (nSPS) is 26.5. The zero-order chi connectivity index (χ0) is 20.2. The van der Waals surface area contributed by atoms with Gasteiger partial charge in [-0.2, -0.15) is 13.2 Å². The van der Waals surface area contributed by atoms with Crippen molar-refractivity contribution in [3.63, 3.8) is 0 Å². The molecule has 3 aliphatic rings. The minimum Gasteiger partial charge on any atom is -0.381 e. The molecular weight excluding hydrogens is 371 g/mol. The number of aliphatic imine (C=N–C) groups is 1. The predicted octanol–water partition coefficient (Wildman–Crippen LogP) is 1.78. The van der Waals surface area contributed by atoms with Crippen LogP contribution < -0.4 is 5.32 Å². The Hall–Kier alpha value is -1.06. The lowest BCUT2D eigenvalue weighted by atomic mass is 9.88. The maximum absolute atomic E-state index is 13.0. The predicted molar refractivity (Wildman–Crippen MR) is 104 cm³/mol. The quantitative estimate of drug-likeness (QED) is 0.571. The molecule has 1 atom stereocenters. The van der Waals surface area contributed by atoms with E-state index in [1.54, 1.807) is 7.05 Å². The van der Waals surface area contributed by atoms with E-state index in [0.29, 0.717) is 26.2 Å². The molecule has 9 heteroatoms. The van der Waals surface area contributed by atoms with E-state index in [9.17, 15) is 13.2 Å². The molecule has 3 fully saturated rings. The topological polar surface area (TPSA) is 43.3 Å². The molecule has 0 bridgehead atoms. The number of halogens is 3. The number of hydrogen-bond donors (Lipinski definition) is 1. The molecule has 0 aromatic rings. The van der Waals surface area contributed by atoms with Crippen molar-refractivity contribution in [3.8, 4) is 0 Å². The van der Waals surface area contributed by atoms with E-state index in [1.165, 1.54) is 24.7 Å². The van der Waals surface area contributed by atoms with Gasteiger partial charge in [0.05, 0.1) is 0 Å². The zero-order valence-electron chi connectivity index (χ0n) is 17.1. The molecule has 1 unspecified atom stereocenters. The molecule has 0 aliphatic carbocycles. The maximum atomic E-state index is 13.0. The average molecular weight is 406 g/mol. The van der Waals surface area contributed by atoms with Crippen LogP contribution in [0.4, 0.5) is 13.2 Å². The number of guanidine groups is 1. The first-order valence-electron chi connectivity index (χ1n) is 10.4. The van der Waals surface area contributed by atoms with Gasteiger partial charge in [-0.1, -0.05) is 0 Å². The van der Waals surface area contributed by atoms with Crippen molar-refractivity contribution in [3.05, 3.63) is 0 Å². The van der Waals surface area contributed by atoms with E-state index in [1.807, 2.05) is 0 Å². The molecule has 0 spiro atoms. The van der Waals surface area contributed by atoms with Crippen molar-refractivity contribution < 1.29 is 17.9 Å². The lowest BCUT2D eigenvalue weighted by Crippen LogP contribution is -2.61. The van der Waals surface area contributed by atoms with Crippen LogP contribution in [0.25, 0.3) is 0 Å². The van der Waals surface area contributed by atoms with Gasteiger partial charge in [-0.25, -0.2) is 0 Å². The molecule has 0 saturated carbocycles. The lowest BCUT2D eigenvalue weighted by Gasteiger charge is -2.46. The number of nitrogens with zero attached hydrogens (tertiary/aromatic N) is 4. The highest BCUT2D eigenvalue weighted by molar-refractivity contribution is 5.80. The molecule has 162 valence electrons. The number of alkyl halides is 3. The molecule has 0 aromatic heterocycles. The van der Waals surface area contributed by atoms with Crippen LogP contribution in [0.15, 0.2) is 4.99 Å².